The van der Waals surface area contributed by atoms with E-state index in [1.54, 1.807) is 11.3 Å². The SMILES string of the molecule is Cc1cc(CNC(=O)C(N)c2cccs2)sc1C. The zero-order chi connectivity index (χ0) is 13.1. The molecular weight excluding hydrogens is 264 g/mol. The Morgan fingerprint density at radius 1 is 1.50 bits per heavy atom. The maximum absolute atomic E-state index is 11.9. The molecule has 2 heterocycles. The van der Waals surface area contributed by atoms with Crippen LogP contribution in [-0.2, 0) is 11.3 Å². The van der Waals surface area contributed by atoms with Gasteiger partial charge in [-0.25, -0.2) is 0 Å². The number of hydrogen-bond acceptors (Lipinski definition) is 4. The topological polar surface area (TPSA) is 55.1 Å². The average Bonchev–Trinajstić information content (AvgIpc) is 2.96. The molecule has 2 aromatic heterocycles. The Balaban J connectivity index is 1.92. The van der Waals surface area contributed by atoms with E-state index in [0.29, 0.717) is 6.54 Å². The highest BCUT2D eigenvalue weighted by molar-refractivity contribution is 7.12. The van der Waals surface area contributed by atoms with Crippen molar-refractivity contribution in [3.05, 3.63) is 43.8 Å². The third-order valence-electron chi connectivity index (χ3n) is 2.79. The Morgan fingerprint density at radius 3 is 2.83 bits per heavy atom. The first-order valence-electron chi connectivity index (χ1n) is 5.70. The van der Waals surface area contributed by atoms with E-state index in [9.17, 15) is 4.79 Å². The highest BCUT2D eigenvalue weighted by atomic mass is 32.1. The molecule has 0 radical (unpaired) electrons. The molecule has 0 aliphatic carbocycles. The molecule has 1 unspecified atom stereocenters. The van der Waals surface area contributed by atoms with Crippen molar-refractivity contribution in [3.63, 3.8) is 0 Å². The fourth-order valence-electron chi connectivity index (χ4n) is 1.62. The molecule has 0 fully saturated rings. The highest BCUT2D eigenvalue weighted by Gasteiger charge is 2.16. The molecule has 2 rings (SSSR count). The Labute approximate surface area is 115 Å². The molecule has 0 aliphatic heterocycles. The standard InChI is InChI=1S/C13H16N2OS2/c1-8-6-10(18-9(8)2)7-15-13(16)12(14)11-4-3-5-17-11/h3-6,12H,7,14H2,1-2H3,(H,15,16). The summed E-state index contributed by atoms with van der Waals surface area (Å²) in [5, 5.41) is 4.81. The van der Waals surface area contributed by atoms with Crippen LogP contribution in [0.3, 0.4) is 0 Å². The van der Waals surface area contributed by atoms with Gasteiger partial charge in [0, 0.05) is 14.6 Å². The quantitative estimate of drug-likeness (QED) is 0.905. The molecule has 3 N–H and O–H groups in total. The summed E-state index contributed by atoms with van der Waals surface area (Å²) in [4.78, 5) is 15.2. The lowest BCUT2D eigenvalue weighted by Crippen LogP contribution is -2.32. The van der Waals surface area contributed by atoms with Crippen LogP contribution >= 0.6 is 22.7 Å². The largest absolute Gasteiger partial charge is 0.350 e. The van der Waals surface area contributed by atoms with Crippen molar-refractivity contribution in [2.75, 3.05) is 0 Å². The van der Waals surface area contributed by atoms with Crippen LogP contribution in [0.1, 0.15) is 26.2 Å². The van der Waals surface area contributed by atoms with Gasteiger partial charge in [0.2, 0.25) is 5.91 Å². The Morgan fingerprint density at radius 2 is 2.28 bits per heavy atom. The van der Waals surface area contributed by atoms with E-state index in [1.807, 2.05) is 17.5 Å². The number of carbonyl (C=O) groups excluding carboxylic acids is 1. The highest BCUT2D eigenvalue weighted by Crippen LogP contribution is 2.21. The number of rotatable bonds is 4. The molecule has 0 saturated carbocycles. The molecule has 0 aliphatic rings. The number of nitrogens with two attached hydrogens (primary N) is 1. The normalized spacial score (nSPS) is 12.4. The third-order valence-corrected chi connectivity index (χ3v) is 4.89. The number of hydrogen-bond donors (Lipinski definition) is 2. The molecule has 1 atom stereocenters. The Hall–Kier alpha value is -1.17. The van der Waals surface area contributed by atoms with Gasteiger partial charge in [-0.1, -0.05) is 6.07 Å². The van der Waals surface area contributed by atoms with Gasteiger partial charge in [-0.15, -0.1) is 22.7 Å². The zero-order valence-corrected chi connectivity index (χ0v) is 12.0. The fourth-order valence-corrected chi connectivity index (χ4v) is 3.34. The molecule has 18 heavy (non-hydrogen) atoms. The molecule has 2 aromatic rings. The summed E-state index contributed by atoms with van der Waals surface area (Å²) in [7, 11) is 0. The minimum Gasteiger partial charge on any atom is -0.350 e. The molecule has 0 spiro atoms. The van der Waals surface area contributed by atoms with Gasteiger partial charge < -0.3 is 11.1 Å². The van der Waals surface area contributed by atoms with Gasteiger partial charge in [0.05, 0.1) is 6.54 Å². The predicted molar refractivity (Wildman–Crippen MR) is 76.9 cm³/mol. The maximum Gasteiger partial charge on any atom is 0.242 e. The van der Waals surface area contributed by atoms with Crippen LogP contribution in [0.15, 0.2) is 23.6 Å². The summed E-state index contributed by atoms with van der Waals surface area (Å²) in [6, 6.07) is 5.33. The fraction of sp³-hybridized carbons (Fsp3) is 0.308. The Kier molecular flexibility index (Phi) is 4.16. The van der Waals surface area contributed by atoms with Crippen LogP contribution in [0.5, 0.6) is 0 Å². The van der Waals surface area contributed by atoms with E-state index in [4.69, 9.17) is 5.73 Å². The molecule has 96 valence electrons. The number of thiophene rings is 2. The Bertz CT molecular complexity index is 512. The second-order valence-corrected chi connectivity index (χ2v) is 6.48. The van der Waals surface area contributed by atoms with Crippen molar-refractivity contribution >= 4 is 28.6 Å². The van der Waals surface area contributed by atoms with Gasteiger partial charge in [0.25, 0.3) is 0 Å². The van der Waals surface area contributed by atoms with Crippen LogP contribution in [0, 0.1) is 13.8 Å². The monoisotopic (exact) mass is 280 g/mol. The van der Waals surface area contributed by atoms with Crippen molar-refractivity contribution < 1.29 is 4.79 Å². The van der Waals surface area contributed by atoms with Crippen LogP contribution in [0.25, 0.3) is 0 Å². The summed E-state index contributed by atoms with van der Waals surface area (Å²) in [6.07, 6.45) is 0. The summed E-state index contributed by atoms with van der Waals surface area (Å²) < 4.78 is 0. The first kappa shape index (κ1) is 13.3. The smallest absolute Gasteiger partial charge is 0.242 e. The van der Waals surface area contributed by atoms with Gasteiger partial charge in [0.1, 0.15) is 6.04 Å². The van der Waals surface area contributed by atoms with E-state index in [0.717, 1.165) is 9.75 Å². The van der Waals surface area contributed by atoms with E-state index in [2.05, 4.69) is 25.2 Å². The van der Waals surface area contributed by atoms with E-state index in [1.165, 1.54) is 21.8 Å². The van der Waals surface area contributed by atoms with Crippen molar-refractivity contribution in [1.29, 1.82) is 0 Å². The van der Waals surface area contributed by atoms with Gasteiger partial charge in [0.15, 0.2) is 0 Å². The van der Waals surface area contributed by atoms with E-state index >= 15 is 0 Å². The third kappa shape index (κ3) is 2.98. The second kappa shape index (κ2) is 5.65. The number of aryl methyl sites for hydroxylation is 2. The zero-order valence-electron chi connectivity index (χ0n) is 10.4. The van der Waals surface area contributed by atoms with Gasteiger partial charge in [-0.3, -0.25) is 4.79 Å². The van der Waals surface area contributed by atoms with Crippen LogP contribution in [0.4, 0.5) is 0 Å². The number of nitrogens with one attached hydrogen (secondary N) is 1. The van der Waals surface area contributed by atoms with Gasteiger partial charge >= 0.3 is 0 Å². The molecule has 5 heteroatoms. The van der Waals surface area contributed by atoms with E-state index < -0.39 is 6.04 Å². The minimum atomic E-state index is -0.563. The molecule has 0 bridgehead atoms. The van der Waals surface area contributed by atoms with Crippen molar-refractivity contribution in [3.8, 4) is 0 Å². The van der Waals surface area contributed by atoms with Crippen LogP contribution in [0.2, 0.25) is 0 Å². The molecule has 0 saturated heterocycles. The minimum absolute atomic E-state index is 0.124. The summed E-state index contributed by atoms with van der Waals surface area (Å²) in [5.74, 6) is -0.124. The summed E-state index contributed by atoms with van der Waals surface area (Å²) in [6.45, 7) is 4.72. The summed E-state index contributed by atoms with van der Waals surface area (Å²) >= 11 is 3.22. The average molecular weight is 280 g/mol. The molecule has 3 nitrogen and oxygen atoms in total. The van der Waals surface area contributed by atoms with Crippen LogP contribution in [-0.4, -0.2) is 5.91 Å². The molecule has 1 amide bonds. The lowest BCUT2D eigenvalue weighted by atomic mass is 10.2. The second-order valence-electron chi connectivity index (χ2n) is 4.16. The van der Waals surface area contributed by atoms with Crippen molar-refractivity contribution in [2.24, 2.45) is 5.73 Å². The van der Waals surface area contributed by atoms with Crippen molar-refractivity contribution in [1.82, 2.24) is 5.32 Å². The lowest BCUT2D eigenvalue weighted by Gasteiger charge is -2.09. The molecular formula is C13H16N2OS2. The van der Waals surface area contributed by atoms with Crippen LogP contribution < -0.4 is 11.1 Å². The van der Waals surface area contributed by atoms with Gasteiger partial charge in [-0.2, -0.15) is 0 Å². The first-order valence-corrected chi connectivity index (χ1v) is 7.40. The van der Waals surface area contributed by atoms with Gasteiger partial charge in [-0.05, 0) is 36.9 Å². The lowest BCUT2D eigenvalue weighted by molar-refractivity contribution is -0.122. The maximum atomic E-state index is 11.9. The number of amides is 1. The molecule has 0 aromatic carbocycles. The van der Waals surface area contributed by atoms with E-state index in [-0.39, 0.29) is 5.91 Å². The first-order chi connectivity index (χ1) is 8.58. The summed E-state index contributed by atoms with van der Waals surface area (Å²) in [5.41, 5.74) is 7.15. The van der Waals surface area contributed by atoms with Crippen molar-refractivity contribution in [2.45, 2.75) is 26.4 Å². The predicted octanol–water partition coefficient (Wildman–Crippen LogP) is 2.74. The number of carbonyl (C=O) groups is 1.